The van der Waals surface area contributed by atoms with Crippen molar-refractivity contribution >= 4 is 17.5 Å². The average molecular weight is 286 g/mol. The molecular weight excluding hydrogens is 266 g/mol. The van der Waals surface area contributed by atoms with Crippen molar-refractivity contribution in [2.24, 2.45) is 0 Å². The van der Waals surface area contributed by atoms with Crippen LogP contribution >= 0.6 is 11.6 Å². The Hall–Kier alpha value is -1.14. The number of likely N-dealkylation sites (tertiary alicyclic amines) is 1. The summed E-state index contributed by atoms with van der Waals surface area (Å²) in [6.45, 7) is 6.54. The van der Waals surface area contributed by atoms with Crippen LogP contribution in [0.1, 0.15) is 26.2 Å². The highest BCUT2D eigenvalue weighted by atomic mass is 35.5. The van der Waals surface area contributed by atoms with Gasteiger partial charge in [0.25, 0.3) is 0 Å². The average Bonchev–Trinajstić information content (AvgIpc) is 2.40. The molecule has 1 aliphatic heterocycles. The van der Waals surface area contributed by atoms with E-state index in [0.717, 1.165) is 13.1 Å². The Kier molecular flexibility index (Phi) is 5.60. The molecule has 19 heavy (non-hydrogen) atoms. The molecule has 0 amide bonds. The van der Waals surface area contributed by atoms with Crippen molar-refractivity contribution in [2.45, 2.75) is 26.2 Å². The quantitative estimate of drug-likeness (QED) is 0.860. The van der Waals surface area contributed by atoms with Crippen LogP contribution in [-0.2, 0) is 0 Å². The van der Waals surface area contributed by atoms with Crippen molar-refractivity contribution in [3.8, 4) is 6.01 Å². The molecule has 106 valence electrons. The third-order valence-corrected chi connectivity index (χ3v) is 3.19. The summed E-state index contributed by atoms with van der Waals surface area (Å²) < 4.78 is 5.23. The highest BCUT2D eigenvalue weighted by Gasteiger charge is 2.10. The fraction of sp³-hybridized carbons (Fsp3) is 0.750. The van der Waals surface area contributed by atoms with Gasteiger partial charge in [-0.05, 0) is 44.5 Å². The van der Waals surface area contributed by atoms with Crippen molar-refractivity contribution in [2.75, 3.05) is 38.1 Å². The number of hydrogen-bond acceptors (Lipinski definition) is 6. The summed E-state index contributed by atoms with van der Waals surface area (Å²) in [4.78, 5) is 14.5. The highest BCUT2D eigenvalue weighted by molar-refractivity contribution is 6.28. The molecule has 1 aliphatic rings. The molecule has 0 spiro atoms. The zero-order valence-electron chi connectivity index (χ0n) is 11.2. The standard InChI is InChI=1S/C12H20ClN5O/c1-2-19-12-16-10(13)15-11(17-12)14-6-9-18-7-4-3-5-8-18/h2-9H2,1H3,(H,14,15,16,17). The summed E-state index contributed by atoms with van der Waals surface area (Å²) in [7, 11) is 0. The van der Waals surface area contributed by atoms with Crippen LogP contribution in [0, 0.1) is 0 Å². The lowest BCUT2D eigenvalue weighted by Crippen LogP contribution is -2.33. The minimum atomic E-state index is 0.152. The predicted octanol–water partition coefficient (Wildman–Crippen LogP) is 1.82. The van der Waals surface area contributed by atoms with Crippen molar-refractivity contribution in [3.63, 3.8) is 0 Å². The van der Waals surface area contributed by atoms with E-state index in [1.165, 1.54) is 32.4 Å². The van der Waals surface area contributed by atoms with Gasteiger partial charge in [-0.25, -0.2) is 0 Å². The van der Waals surface area contributed by atoms with Gasteiger partial charge in [0.2, 0.25) is 11.2 Å². The number of piperidine rings is 1. The second-order valence-electron chi connectivity index (χ2n) is 4.47. The first-order chi connectivity index (χ1) is 9.28. The fourth-order valence-electron chi connectivity index (χ4n) is 2.11. The Labute approximate surface area is 118 Å². The normalized spacial score (nSPS) is 16.3. The molecule has 1 aromatic heterocycles. The summed E-state index contributed by atoms with van der Waals surface area (Å²) >= 11 is 5.82. The maximum absolute atomic E-state index is 5.82. The molecule has 0 saturated carbocycles. The summed E-state index contributed by atoms with van der Waals surface area (Å²) in [6.07, 6.45) is 3.95. The van der Waals surface area contributed by atoms with Gasteiger partial charge in [-0.3, -0.25) is 0 Å². The number of nitrogens with zero attached hydrogens (tertiary/aromatic N) is 4. The van der Waals surface area contributed by atoms with Crippen LogP contribution in [0.5, 0.6) is 6.01 Å². The van der Waals surface area contributed by atoms with Gasteiger partial charge in [-0.15, -0.1) is 0 Å². The van der Waals surface area contributed by atoms with Gasteiger partial charge in [0, 0.05) is 13.1 Å². The lowest BCUT2D eigenvalue weighted by atomic mass is 10.1. The van der Waals surface area contributed by atoms with Crippen LogP contribution in [0.3, 0.4) is 0 Å². The third kappa shape index (κ3) is 4.80. The van der Waals surface area contributed by atoms with Crippen LogP contribution < -0.4 is 10.1 Å². The Morgan fingerprint density at radius 3 is 2.74 bits per heavy atom. The van der Waals surface area contributed by atoms with Gasteiger partial charge in [0.05, 0.1) is 6.61 Å². The molecule has 0 radical (unpaired) electrons. The van der Waals surface area contributed by atoms with E-state index in [0.29, 0.717) is 12.6 Å². The molecule has 1 N–H and O–H groups in total. The molecule has 6 nitrogen and oxygen atoms in total. The van der Waals surface area contributed by atoms with Crippen LogP contribution in [0.4, 0.5) is 5.95 Å². The second-order valence-corrected chi connectivity index (χ2v) is 4.81. The molecule has 1 fully saturated rings. The molecule has 0 aromatic carbocycles. The highest BCUT2D eigenvalue weighted by Crippen LogP contribution is 2.11. The van der Waals surface area contributed by atoms with Crippen molar-refractivity contribution in [1.82, 2.24) is 19.9 Å². The van der Waals surface area contributed by atoms with Crippen LogP contribution in [-0.4, -0.2) is 52.6 Å². The number of anilines is 1. The first-order valence-corrected chi connectivity index (χ1v) is 7.16. The van der Waals surface area contributed by atoms with Gasteiger partial charge in [-0.2, -0.15) is 15.0 Å². The van der Waals surface area contributed by atoms with E-state index < -0.39 is 0 Å². The molecule has 2 heterocycles. The predicted molar refractivity (Wildman–Crippen MR) is 74.8 cm³/mol. The molecule has 7 heteroatoms. The zero-order chi connectivity index (χ0) is 13.5. The number of halogens is 1. The number of ether oxygens (including phenoxy) is 1. The topological polar surface area (TPSA) is 63.2 Å². The Balaban J connectivity index is 1.81. The van der Waals surface area contributed by atoms with Crippen molar-refractivity contribution in [1.29, 1.82) is 0 Å². The Morgan fingerprint density at radius 2 is 2.00 bits per heavy atom. The van der Waals surface area contributed by atoms with Crippen LogP contribution in [0.15, 0.2) is 0 Å². The zero-order valence-corrected chi connectivity index (χ0v) is 12.0. The molecule has 0 unspecified atom stereocenters. The number of rotatable bonds is 6. The molecule has 0 atom stereocenters. The lowest BCUT2D eigenvalue weighted by Gasteiger charge is -2.26. The van der Waals surface area contributed by atoms with Gasteiger partial charge < -0.3 is 15.0 Å². The number of aromatic nitrogens is 3. The molecule has 1 saturated heterocycles. The van der Waals surface area contributed by atoms with E-state index >= 15 is 0 Å². The van der Waals surface area contributed by atoms with E-state index in [2.05, 4.69) is 25.2 Å². The van der Waals surface area contributed by atoms with E-state index in [1.54, 1.807) is 0 Å². The van der Waals surface area contributed by atoms with E-state index in [-0.39, 0.29) is 11.3 Å². The van der Waals surface area contributed by atoms with Crippen molar-refractivity contribution in [3.05, 3.63) is 5.28 Å². The minimum absolute atomic E-state index is 0.152. The molecule has 0 bridgehead atoms. The summed E-state index contributed by atoms with van der Waals surface area (Å²) in [5, 5.41) is 3.32. The number of hydrogen-bond donors (Lipinski definition) is 1. The van der Waals surface area contributed by atoms with E-state index in [4.69, 9.17) is 16.3 Å². The smallest absolute Gasteiger partial charge is 0.322 e. The second kappa shape index (κ2) is 7.45. The van der Waals surface area contributed by atoms with E-state index in [9.17, 15) is 0 Å². The Bertz CT molecular complexity index is 398. The maximum atomic E-state index is 5.82. The lowest BCUT2D eigenvalue weighted by molar-refractivity contribution is 0.237. The van der Waals surface area contributed by atoms with Gasteiger partial charge in [0.1, 0.15) is 0 Å². The SMILES string of the molecule is CCOc1nc(Cl)nc(NCCN2CCCCC2)n1. The van der Waals surface area contributed by atoms with E-state index in [1.807, 2.05) is 6.92 Å². The van der Waals surface area contributed by atoms with Gasteiger partial charge in [-0.1, -0.05) is 6.42 Å². The monoisotopic (exact) mass is 285 g/mol. The largest absolute Gasteiger partial charge is 0.464 e. The molecule has 0 aliphatic carbocycles. The minimum Gasteiger partial charge on any atom is -0.464 e. The van der Waals surface area contributed by atoms with Crippen molar-refractivity contribution < 1.29 is 4.74 Å². The van der Waals surface area contributed by atoms with Gasteiger partial charge >= 0.3 is 6.01 Å². The summed E-state index contributed by atoms with van der Waals surface area (Å²) in [6, 6.07) is 0.267. The molecule has 2 rings (SSSR count). The third-order valence-electron chi connectivity index (χ3n) is 3.02. The fourth-order valence-corrected chi connectivity index (χ4v) is 2.27. The van der Waals surface area contributed by atoms with Crippen LogP contribution in [0.2, 0.25) is 5.28 Å². The van der Waals surface area contributed by atoms with Gasteiger partial charge in [0.15, 0.2) is 0 Å². The first kappa shape index (κ1) is 14.3. The molecular formula is C12H20ClN5O. The first-order valence-electron chi connectivity index (χ1n) is 6.78. The number of nitrogens with one attached hydrogen (secondary N) is 1. The molecule has 1 aromatic rings. The Morgan fingerprint density at radius 1 is 1.21 bits per heavy atom. The summed E-state index contributed by atoms with van der Waals surface area (Å²) in [5.74, 6) is 0.473. The summed E-state index contributed by atoms with van der Waals surface area (Å²) in [5.41, 5.74) is 0. The van der Waals surface area contributed by atoms with Crippen LogP contribution in [0.25, 0.3) is 0 Å². The maximum Gasteiger partial charge on any atom is 0.322 e.